The van der Waals surface area contributed by atoms with E-state index in [1.165, 1.54) is 6.20 Å². The molecule has 134 valence electrons. The lowest BCUT2D eigenvalue weighted by Crippen LogP contribution is -2.11. The Hall–Kier alpha value is -3.45. The fraction of sp³-hybridized carbons (Fsp3) is 0.0526. The van der Waals surface area contributed by atoms with Crippen molar-refractivity contribution >= 4 is 23.2 Å². The highest BCUT2D eigenvalue weighted by molar-refractivity contribution is 6.31. The van der Waals surface area contributed by atoms with Gasteiger partial charge in [-0.1, -0.05) is 29.8 Å². The zero-order valence-corrected chi connectivity index (χ0v) is 14.9. The number of nitrogens with one attached hydrogen (secondary N) is 1. The van der Waals surface area contributed by atoms with E-state index in [1.54, 1.807) is 52.5 Å². The fourth-order valence-corrected chi connectivity index (χ4v) is 2.77. The third kappa shape index (κ3) is 3.88. The number of anilines is 1. The maximum absolute atomic E-state index is 12.4. The highest BCUT2D eigenvalue weighted by Gasteiger charge is 2.10. The minimum absolute atomic E-state index is 0.252. The number of carbonyl (C=O) groups is 1. The van der Waals surface area contributed by atoms with Crippen molar-refractivity contribution in [1.82, 2.24) is 24.3 Å². The molecule has 27 heavy (non-hydrogen) atoms. The van der Waals surface area contributed by atoms with Gasteiger partial charge in [-0.2, -0.15) is 5.10 Å². The number of aromatic nitrogens is 5. The van der Waals surface area contributed by atoms with Crippen molar-refractivity contribution in [2.45, 2.75) is 6.54 Å². The van der Waals surface area contributed by atoms with Crippen molar-refractivity contribution in [3.8, 4) is 5.82 Å². The van der Waals surface area contributed by atoms with E-state index in [9.17, 15) is 4.79 Å². The second-order valence-electron chi connectivity index (χ2n) is 5.85. The van der Waals surface area contributed by atoms with Crippen LogP contribution in [-0.4, -0.2) is 30.2 Å². The van der Waals surface area contributed by atoms with Gasteiger partial charge in [-0.25, -0.2) is 9.97 Å². The SMILES string of the molecule is O=C(Nc1ccc(-n2ccnc2)nc1)c1cnn(Cc2ccccc2Cl)c1. The quantitative estimate of drug-likeness (QED) is 0.577. The molecule has 3 heterocycles. The molecular formula is C19H15ClN6O. The van der Waals surface area contributed by atoms with Crippen molar-refractivity contribution in [3.63, 3.8) is 0 Å². The molecule has 4 rings (SSSR count). The van der Waals surface area contributed by atoms with Crippen molar-refractivity contribution in [1.29, 1.82) is 0 Å². The number of halogens is 1. The van der Waals surface area contributed by atoms with E-state index in [0.29, 0.717) is 22.8 Å². The first-order valence-corrected chi connectivity index (χ1v) is 8.58. The van der Waals surface area contributed by atoms with Crippen molar-refractivity contribution in [2.75, 3.05) is 5.32 Å². The molecule has 0 aliphatic carbocycles. The van der Waals surface area contributed by atoms with Crippen LogP contribution in [0.25, 0.3) is 5.82 Å². The molecule has 0 spiro atoms. The number of pyridine rings is 1. The second-order valence-corrected chi connectivity index (χ2v) is 6.25. The predicted octanol–water partition coefficient (Wildman–Crippen LogP) is 3.42. The van der Waals surface area contributed by atoms with Crippen LogP contribution in [0.4, 0.5) is 5.69 Å². The second kappa shape index (κ2) is 7.43. The summed E-state index contributed by atoms with van der Waals surface area (Å²) in [5, 5.41) is 7.72. The maximum Gasteiger partial charge on any atom is 0.258 e. The summed E-state index contributed by atoms with van der Waals surface area (Å²) < 4.78 is 3.46. The normalized spacial score (nSPS) is 10.7. The average molecular weight is 379 g/mol. The Labute approximate surface area is 160 Å². The molecular weight excluding hydrogens is 364 g/mol. The average Bonchev–Trinajstić information content (AvgIpc) is 3.36. The number of imidazole rings is 1. The van der Waals surface area contributed by atoms with Crippen LogP contribution in [0.15, 0.2) is 73.7 Å². The van der Waals surface area contributed by atoms with Crippen LogP contribution < -0.4 is 5.32 Å². The largest absolute Gasteiger partial charge is 0.320 e. The monoisotopic (exact) mass is 378 g/mol. The summed E-state index contributed by atoms with van der Waals surface area (Å²) in [7, 11) is 0. The molecule has 0 saturated heterocycles. The summed E-state index contributed by atoms with van der Waals surface area (Å²) in [4.78, 5) is 20.7. The first-order valence-electron chi connectivity index (χ1n) is 8.20. The van der Waals surface area contributed by atoms with Crippen molar-refractivity contribution in [3.05, 3.63) is 89.9 Å². The molecule has 3 aromatic heterocycles. The maximum atomic E-state index is 12.4. The molecule has 0 fully saturated rings. The highest BCUT2D eigenvalue weighted by Crippen LogP contribution is 2.16. The lowest BCUT2D eigenvalue weighted by atomic mass is 10.2. The van der Waals surface area contributed by atoms with Crippen molar-refractivity contribution < 1.29 is 4.79 Å². The zero-order valence-electron chi connectivity index (χ0n) is 14.2. The van der Waals surface area contributed by atoms with E-state index in [-0.39, 0.29) is 5.91 Å². The first kappa shape index (κ1) is 17.0. The number of amides is 1. The summed E-state index contributed by atoms with van der Waals surface area (Å²) in [6, 6.07) is 11.1. The predicted molar refractivity (Wildman–Crippen MR) is 102 cm³/mol. The lowest BCUT2D eigenvalue weighted by molar-refractivity contribution is 0.102. The Kier molecular flexibility index (Phi) is 4.67. The van der Waals surface area contributed by atoms with E-state index >= 15 is 0 Å². The Balaban J connectivity index is 1.43. The molecule has 1 N–H and O–H groups in total. The lowest BCUT2D eigenvalue weighted by Gasteiger charge is -2.05. The van der Waals surface area contributed by atoms with Crippen LogP contribution in [0.2, 0.25) is 5.02 Å². The van der Waals surface area contributed by atoms with E-state index in [1.807, 2.05) is 24.3 Å². The number of benzene rings is 1. The summed E-state index contributed by atoms with van der Waals surface area (Å²) in [6.45, 7) is 0.494. The fourth-order valence-electron chi connectivity index (χ4n) is 2.58. The molecule has 0 bridgehead atoms. The Morgan fingerprint density at radius 3 is 2.78 bits per heavy atom. The Morgan fingerprint density at radius 1 is 1.15 bits per heavy atom. The molecule has 0 radical (unpaired) electrons. The number of rotatable bonds is 5. The number of carbonyl (C=O) groups excluding carboxylic acids is 1. The van der Waals surface area contributed by atoms with Gasteiger partial charge in [0.1, 0.15) is 12.1 Å². The number of hydrogen-bond acceptors (Lipinski definition) is 4. The van der Waals surface area contributed by atoms with Gasteiger partial charge >= 0.3 is 0 Å². The zero-order chi connectivity index (χ0) is 18.6. The van der Waals surface area contributed by atoms with Gasteiger partial charge in [0.15, 0.2) is 0 Å². The molecule has 7 nitrogen and oxygen atoms in total. The topological polar surface area (TPSA) is 77.6 Å². The van der Waals surface area contributed by atoms with Gasteiger partial charge < -0.3 is 5.32 Å². The van der Waals surface area contributed by atoms with Gasteiger partial charge in [-0.15, -0.1) is 0 Å². The van der Waals surface area contributed by atoms with E-state index in [0.717, 1.165) is 11.4 Å². The molecule has 1 aromatic carbocycles. The van der Waals surface area contributed by atoms with E-state index in [2.05, 4.69) is 20.4 Å². The Morgan fingerprint density at radius 2 is 2.04 bits per heavy atom. The summed E-state index contributed by atoms with van der Waals surface area (Å²) >= 11 is 6.17. The smallest absolute Gasteiger partial charge is 0.258 e. The molecule has 0 atom stereocenters. The minimum Gasteiger partial charge on any atom is -0.320 e. The summed E-state index contributed by atoms with van der Waals surface area (Å²) in [5.74, 6) is 0.468. The third-order valence-corrected chi connectivity index (χ3v) is 4.33. The molecule has 0 aliphatic rings. The number of nitrogens with zero attached hydrogens (tertiary/aromatic N) is 5. The van der Waals surface area contributed by atoms with Gasteiger partial charge in [0.05, 0.1) is 30.2 Å². The molecule has 4 aromatic rings. The van der Waals surface area contributed by atoms with E-state index < -0.39 is 0 Å². The summed E-state index contributed by atoms with van der Waals surface area (Å²) in [5.41, 5.74) is 2.00. The standard InChI is InChI=1S/C19H15ClN6O/c20-17-4-2-1-3-14(17)11-26-12-15(9-23-26)19(27)24-16-5-6-18(22-10-16)25-8-7-21-13-25/h1-10,12-13H,11H2,(H,24,27). The molecule has 0 unspecified atom stereocenters. The molecule has 8 heteroatoms. The van der Waals surface area contributed by atoms with Crippen LogP contribution in [0.5, 0.6) is 0 Å². The molecule has 0 saturated carbocycles. The summed E-state index contributed by atoms with van der Waals surface area (Å²) in [6.07, 6.45) is 9.95. The van der Waals surface area contributed by atoms with Crippen LogP contribution in [-0.2, 0) is 6.54 Å². The molecule has 1 amide bonds. The third-order valence-electron chi connectivity index (χ3n) is 3.96. The number of hydrogen-bond donors (Lipinski definition) is 1. The first-order chi connectivity index (χ1) is 13.2. The van der Waals surface area contributed by atoms with Crippen LogP contribution in [0.3, 0.4) is 0 Å². The Bertz CT molecular complexity index is 1060. The van der Waals surface area contributed by atoms with Crippen LogP contribution in [0.1, 0.15) is 15.9 Å². The minimum atomic E-state index is -0.252. The van der Waals surface area contributed by atoms with Crippen molar-refractivity contribution in [2.24, 2.45) is 0 Å². The van der Waals surface area contributed by atoms with Crippen LogP contribution >= 0.6 is 11.6 Å². The van der Waals surface area contributed by atoms with Gasteiger partial charge in [0.25, 0.3) is 5.91 Å². The highest BCUT2D eigenvalue weighted by atomic mass is 35.5. The molecule has 0 aliphatic heterocycles. The van der Waals surface area contributed by atoms with Gasteiger partial charge in [0.2, 0.25) is 0 Å². The van der Waals surface area contributed by atoms with Gasteiger partial charge in [-0.3, -0.25) is 14.0 Å². The van der Waals surface area contributed by atoms with Gasteiger partial charge in [-0.05, 0) is 23.8 Å². The van der Waals surface area contributed by atoms with Crippen LogP contribution in [0, 0.1) is 0 Å². The van der Waals surface area contributed by atoms with E-state index in [4.69, 9.17) is 11.6 Å². The van der Waals surface area contributed by atoms with Gasteiger partial charge in [0, 0.05) is 23.6 Å².